The van der Waals surface area contributed by atoms with E-state index < -0.39 is 18.1 Å². The second kappa shape index (κ2) is 6.89. The van der Waals surface area contributed by atoms with E-state index in [1.54, 1.807) is 18.2 Å². The van der Waals surface area contributed by atoms with E-state index in [2.05, 4.69) is 4.74 Å². The Morgan fingerprint density at radius 3 is 2.57 bits per heavy atom. The number of hydrogen-bond acceptors (Lipinski definition) is 4. The fraction of sp³-hybridized carbons (Fsp3) is 0.467. The van der Waals surface area contributed by atoms with E-state index in [4.69, 9.17) is 4.74 Å². The number of benzene rings is 1. The molecule has 1 aliphatic rings. The molecule has 0 atom stereocenters. The highest BCUT2D eigenvalue weighted by Gasteiger charge is 2.42. The molecule has 0 aromatic heterocycles. The van der Waals surface area contributed by atoms with Gasteiger partial charge in [0, 0.05) is 13.1 Å². The van der Waals surface area contributed by atoms with Crippen molar-refractivity contribution in [2.45, 2.75) is 19.0 Å². The van der Waals surface area contributed by atoms with Crippen molar-refractivity contribution in [1.82, 2.24) is 4.90 Å². The zero-order chi connectivity index (χ0) is 17.0. The fourth-order valence-corrected chi connectivity index (χ4v) is 2.46. The summed E-state index contributed by atoms with van der Waals surface area (Å²) in [4.78, 5) is 23.3. The maximum Gasteiger partial charge on any atom is 0.471 e. The van der Waals surface area contributed by atoms with Crippen LogP contribution in [0.25, 0.3) is 0 Å². The van der Waals surface area contributed by atoms with E-state index in [-0.39, 0.29) is 26.1 Å². The monoisotopic (exact) mass is 331 g/mol. The van der Waals surface area contributed by atoms with Crippen LogP contribution in [0.1, 0.15) is 11.1 Å². The molecule has 1 aromatic carbocycles. The number of amides is 1. The van der Waals surface area contributed by atoms with Crippen LogP contribution >= 0.6 is 0 Å². The van der Waals surface area contributed by atoms with Crippen LogP contribution < -0.4 is 4.74 Å². The quantitative estimate of drug-likeness (QED) is 0.792. The lowest BCUT2D eigenvalue weighted by Gasteiger charge is -2.21. The Bertz CT molecular complexity index is 601. The van der Waals surface area contributed by atoms with Crippen LogP contribution in [-0.2, 0) is 27.2 Å². The van der Waals surface area contributed by atoms with Gasteiger partial charge in [-0.3, -0.25) is 4.79 Å². The van der Waals surface area contributed by atoms with E-state index in [0.717, 1.165) is 10.5 Å². The number of esters is 1. The van der Waals surface area contributed by atoms with Gasteiger partial charge < -0.3 is 14.4 Å². The molecule has 1 heterocycles. The normalized spacial score (nSPS) is 14.7. The van der Waals surface area contributed by atoms with Gasteiger partial charge in [0.05, 0.1) is 7.11 Å². The first-order chi connectivity index (χ1) is 10.8. The number of halogens is 3. The zero-order valence-electron chi connectivity index (χ0n) is 12.5. The number of nitrogens with zero attached hydrogens (tertiary/aromatic N) is 1. The Hall–Kier alpha value is -2.25. The molecule has 1 amide bonds. The Morgan fingerprint density at radius 2 is 1.91 bits per heavy atom. The second-order valence-corrected chi connectivity index (χ2v) is 5.05. The van der Waals surface area contributed by atoms with Gasteiger partial charge in [-0.2, -0.15) is 13.2 Å². The van der Waals surface area contributed by atoms with Crippen LogP contribution in [0.15, 0.2) is 18.2 Å². The molecule has 5 nitrogen and oxygen atoms in total. The van der Waals surface area contributed by atoms with Gasteiger partial charge in [-0.15, -0.1) is 0 Å². The van der Waals surface area contributed by atoms with E-state index >= 15 is 0 Å². The van der Waals surface area contributed by atoms with Crippen molar-refractivity contribution in [2.75, 3.05) is 26.8 Å². The largest absolute Gasteiger partial charge is 0.482 e. The molecule has 2 rings (SSSR count). The summed E-state index contributed by atoms with van der Waals surface area (Å²) in [5.41, 5.74) is 1.53. The molecule has 1 aromatic rings. The third-order valence-electron chi connectivity index (χ3n) is 3.62. The van der Waals surface area contributed by atoms with Crippen molar-refractivity contribution < 1.29 is 32.2 Å². The standard InChI is InChI=1S/C15H16F3NO4/c1-22-13(20)9-23-12-4-2-3-10-5-7-19(8-6-11(10)12)14(21)15(16,17)18/h2-4H,5-9H2,1H3. The minimum Gasteiger partial charge on any atom is -0.482 e. The van der Waals surface area contributed by atoms with Gasteiger partial charge in [0.1, 0.15) is 5.75 Å². The maximum absolute atomic E-state index is 12.6. The highest BCUT2D eigenvalue weighted by atomic mass is 19.4. The summed E-state index contributed by atoms with van der Waals surface area (Å²) in [6.45, 7) is -0.339. The first kappa shape index (κ1) is 17.1. The average molecular weight is 331 g/mol. The summed E-state index contributed by atoms with van der Waals surface area (Å²) in [6.07, 6.45) is -4.35. The first-order valence-electron chi connectivity index (χ1n) is 6.99. The number of carbonyl (C=O) groups is 2. The molecule has 0 aliphatic carbocycles. The lowest BCUT2D eigenvalue weighted by atomic mass is 10.0. The Kier molecular flexibility index (Phi) is 5.12. The molecule has 1 aliphatic heterocycles. The van der Waals surface area contributed by atoms with Crippen molar-refractivity contribution >= 4 is 11.9 Å². The fourth-order valence-electron chi connectivity index (χ4n) is 2.46. The predicted octanol–water partition coefficient (Wildman–Crippen LogP) is 1.73. The number of rotatable bonds is 3. The third-order valence-corrected chi connectivity index (χ3v) is 3.62. The number of ether oxygens (including phenoxy) is 2. The molecule has 0 bridgehead atoms. The number of carbonyl (C=O) groups excluding carboxylic acids is 2. The van der Waals surface area contributed by atoms with Crippen molar-refractivity contribution in [3.05, 3.63) is 29.3 Å². The van der Waals surface area contributed by atoms with Crippen LogP contribution in [0.2, 0.25) is 0 Å². The maximum atomic E-state index is 12.6. The molecule has 0 unspecified atom stereocenters. The molecule has 0 saturated heterocycles. The van der Waals surface area contributed by atoms with E-state index in [0.29, 0.717) is 17.7 Å². The Balaban J connectivity index is 2.13. The molecule has 0 N–H and O–H groups in total. The van der Waals surface area contributed by atoms with E-state index in [9.17, 15) is 22.8 Å². The summed E-state index contributed by atoms with van der Waals surface area (Å²) in [6, 6.07) is 5.12. The molecular weight excluding hydrogens is 315 g/mol. The SMILES string of the molecule is COC(=O)COc1cccc2c1CCN(C(=O)C(F)(F)F)CC2. The highest BCUT2D eigenvalue weighted by Crippen LogP contribution is 2.28. The van der Waals surface area contributed by atoms with Crippen LogP contribution in [0.5, 0.6) is 5.75 Å². The summed E-state index contributed by atoms with van der Waals surface area (Å²) < 4.78 is 47.5. The molecule has 8 heteroatoms. The van der Waals surface area contributed by atoms with Crippen molar-refractivity contribution in [2.24, 2.45) is 0 Å². The predicted molar refractivity (Wildman–Crippen MR) is 74.0 cm³/mol. The van der Waals surface area contributed by atoms with Crippen LogP contribution in [0.3, 0.4) is 0 Å². The molecule has 0 radical (unpaired) electrons. The lowest BCUT2D eigenvalue weighted by Crippen LogP contribution is -2.42. The lowest BCUT2D eigenvalue weighted by molar-refractivity contribution is -0.185. The van der Waals surface area contributed by atoms with Crippen LogP contribution in [0.4, 0.5) is 13.2 Å². The minimum absolute atomic E-state index is 0.00814. The van der Waals surface area contributed by atoms with Gasteiger partial charge in [0.2, 0.25) is 0 Å². The summed E-state index contributed by atoms with van der Waals surface area (Å²) in [7, 11) is 1.23. The van der Waals surface area contributed by atoms with Gasteiger partial charge >= 0.3 is 18.1 Å². The number of alkyl halides is 3. The van der Waals surface area contributed by atoms with Gasteiger partial charge in [0.15, 0.2) is 6.61 Å². The Morgan fingerprint density at radius 1 is 1.22 bits per heavy atom. The number of methoxy groups -OCH3 is 1. The van der Waals surface area contributed by atoms with Crippen molar-refractivity contribution in [3.8, 4) is 5.75 Å². The van der Waals surface area contributed by atoms with Gasteiger partial charge in [-0.25, -0.2) is 4.79 Å². The number of fused-ring (bicyclic) bond motifs is 1. The minimum atomic E-state index is -4.87. The Labute approximate surface area is 131 Å². The average Bonchev–Trinajstić information content (AvgIpc) is 2.73. The molecular formula is C15H16F3NO4. The van der Waals surface area contributed by atoms with Crippen molar-refractivity contribution in [3.63, 3.8) is 0 Å². The zero-order valence-corrected chi connectivity index (χ0v) is 12.5. The van der Waals surface area contributed by atoms with Gasteiger partial charge in [0.25, 0.3) is 0 Å². The van der Waals surface area contributed by atoms with Crippen LogP contribution in [-0.4, -0.2) is 49.8 Å². The molecule has 0 fully saturated rings. The van der Waals surface area contributed by atoms with Crippen molar-refractivity contribution in [1.29, 1.82) is 0 Å². The van der Waals surface area contributed by atoms with Gasteiger partial charge in [-0.1, -0.05) is 12.1 Å². The highest BCUT2D eigenvalue weighted by molar-refractivity contribution is 5.82. The smallest absolute Gasteiger partial charge is 0.471 e. The van der Waals surface area contributed by atoms with Crippen LogP contribution in [0, 0.1) is 0 Å². The summed E-state index contributed by atoms with van der Waals surface area (Å²) in [5.74, 6) is -1.96. The third kappa shape index (κ3) is 4.14. The summed E-state index contributed by atoms with van der Waals surface area (Å²) >= 11 is 0. The second-order valence-electron chi connectivity index (χ2n) is 5.05. The topological polar surface area (TPSA) is 55.8 Å². The molecule has 0 spiro atoms. The molecule has 0 saturated carbocycles. The van der Waals surface area contributed by atoms with Gasteiger partial charge in [-0.05, 0) is 30.0 Å². The number of hydrogen-bond donors (Lipinski definition) is 0. The molecule has 23 heavy (non-hydrogen) atoms. The molecule has 126 valence electrons. The summed E-state index contributed by atoms with van der Waals surface area (Å²) in [5, 5.41) is 0. The van der Waals surface area contributed by atoms with E-state index in [1.165, 1.54) is 7.11 Å². The first-order valence-corrected chi connectivity index (χ1v) is 6.99. The van der Waals surface area contributed by atoms with E-state index in [1.807, 2.05) is 0 Å².